The monoisotopic (exact) mass is 462 g/mol. The first-order valence-corrected chi connectivity index (χ1v) is 11.4. The maximum absolute atomic E-state index is 12.9. The smallest absolute Gasteiger partial charge is 0.320 e. The number of hydrogen-bond donors (Lipinski definition) is 1. The lowest BCUT2D eigenvalue weighted by molar-refractivity contribution is -0.141. The molecule has 0 atom stereocenters. The summed E-state index contributed by atoms with van der Waals surface area (Å²) < 4.78 is 40.7. The normalized spacial score (nSPS) is 19.1. The first-order chi connectivity index (χ1) is 15.3. The first-order valence-electron chi connectivity index (χ1n) is 10.2. The van der Waals surface area contributed by atoms with Gasteiger partial charge in [0.05, 0.1) is 17.2 Å². The van der Waals surface area contributed by atoms with Crippen molar-refractivity contribution in [3.63, 3.8) is 0 Å². The SMILES string of the molecule is CSc1cc2nn(C3CCC(C=O)CC3)cc2cc1NC(=O)c1cccc(C(F)(F)F)n1. The van der Waals surface area contributed by atoms with Gasteiger partial charge in [0.25, 0.3) is 5.91 Å². The quantitative estimate of drug-likeness (QED) is 0.408. The lowest BCUT2D eigenvalue weighted by atomic mass is 9.87. The van der Waals surface area contributed by atoms with Crippen molar-refractivity contribution in [2.24, 2.45) is 5.92 Å². The molecule has 0 bridgehead atoms. The Hall–Kier alpha value is -2.88. The molecule has 10 heteroatoms. The summed E-state index contributed by atoms with van der Waals surface area (Å²) >= 11 is 1.40. The van der Waals surface area contributed by atoms with Gasteiger partial charge >= 0.3 is 6.18 Å². The highest BCUT2D eigenvalue weighted by atomic mass is 32.2. The van der Waals surface area contributed by atoms with Crippen LogP contribution in [0.25, 0.3) is 10.9 Å². The number of carbonyl (C=O) groups excluding carboxylic acids is 2. The fourth-order valence-corrected chi connectivity index (χ4v) is 4.49. The van der Waals surface area contributed by atoms with Crippen LogP contribution in [-0.2, 0) is 11.0 Å². The number of amides is 1. The van der Waals surface area contributed by atoms with Gasteiger partial charge in [0, 0.05) is 22.4 Å². The zero-order chi connectivity index (χ0) is 22.9. The molecule has 2 heterocycles. The van der Waals surface area contributed by atoms with Crippen LogP contribution < -0.4 is 5.32 Å². The Morgan fingerprint density at radius 2 is 1.97 bits per heavy atom. The van der Waals surface area contributed by atoms with E-state index in [1.165, 1.54) is 17.8 Å². The number of carbonyl (C=O) groups is 2. The Balaban J connectivity index is 1.59. The Labute approximate surface area is 186 Å². The molecule has 3 aromatic rings. The van der Waals surface area contributed by atoms with Gasteiger partial charge in [-0.2, -0.15) is 18.3 Å². The lowest BCUT2D eigenvalue weighted by Crippen LogP contribution is -2.19. The second-order valence-electron chi connectivity index (χ2n) is 7.79. The van der Waals surface area contributed by atoms with Crippen LogP contribution in [0.5, 0.6) is 0 Å². The van der Waals surface area contributed by atoms with Gasteiger partial charge < -0.3 is 10.1 Å². The van der Waals surface area contributed by atoms with Crippen LogP contribution in [-0.4, -0.2) is 33.2 Å². The summed E-state index contributed by atoms with van der Waals surface area (Å²) in [6.45, 7) is 0. The van der Waals surface area contributed by atoms with Crippen LogP contribution in [0.2, 0.25) is 0 Å². The Bertz CT molecular complexity index is 1150. The van der Waals surface area contributed by atoms with E-state index in [-0.39, 0.29) is 17.7 Å². The van der Waals surface area contributed by atoms with Crippen LogP contribution in [0.4, 0.5) is 18.9 Å². The summed E-state index contributed by atoms with van der Waals surface area (Å²) in [6.07, 6.45) is 3.57. The number of halogens is 3. The van der Waals surface area contributed by atoms with E-state index < -0.39 is 17.8 Å². The number of hydrogen-bond acceptors (Lipinski definition) is 5. The third kappa shape index (κ3) is 4.64. The van der Waals surface area contributed by atoms with E-state index in [0.717, 1.165) is 59.9 Å². The number of benzene rings is 1. The number of fused-ring (bicyclic) bond motifs is 1. The average molecular weight is 462 g/mol. The maximum Gasteiger partial charge on any atom is 0.433 e. The highest BCUT2D eigenvalue weighted by Gasteiger charge is 2.33. The average Bonchev–Trinajstić information content (AvgIpc) is 3.21. The number of pyridine rings is 1. The number of aromatic nitrogens is 3. The third-order valence-corrected chi connectivity index (χ3v) is 6.45. The van der Waals surface area contributed by atoms with Crippen molar-refractivity contribution in [2.75, 3.05) is 11.6 Å². The zero-order valence-corrected chi connectivity index (χ0v) is 18.0. The molecule has 0 saturated heterocycles. The van der Waals surface area contributed by atoms with E-state index in [4.69, 9.17) is 0 Å². The lowest BCUT2D eigenvalue weighted by Gasteiger charge is -2.25. The number of alkyl halides is 3. The molecule has 2 aromatic heterocycles. The molecule has 1 saturated carbocycles. The molecule has 168 valence electrons. The van der Waals surface area contributed by atoms with Crippen LogP contribution in [0.1, 0.15) is 47.9 Å². The van der Waals surface area contributed by atoms with E-state index in [9.17, 15) is 22.8 Å². The summed E-state index contributed by atoms with van der Waals surface area (Å²) in [5.41, 5.74) is -0.175. The van der Waals surface area contributed by atoms with Gasteiger partial charge in [-0.25, -0.2) is 4.98 Å². The minimum atomic E-state index is -4.63. The second-order valence-corrected chi connectivity index (χ2v) is 8.63. The van der Waals surface area contributed by atoms with Gasteiger partial charge in [-0.1, -0.05) is 6.07 Å². The molecule has 1 amide bonds. The fourth-order valence-electron chi connectivity index (χ4n) is 3.93. The fraction of sp³-hybridized carbons (Fsp3) is 0.364. The molecule has 6 nitrogen and oxygen atoms in total. The number of rotatable bonds is 5. The number of thioether (sulfide) groups is 1. The van der Waals surface area contributed by atoms with Crippen LogP contribution >= 0.6 is 11.8 Å². The van der Waals surface area contributed by atoms with Gasteiger partial charge in [0.2, 0.25) is 0 Å². The van der Waals surface area contributed by atoms with Crippen LogP contribution in [0.15, 0.2) is 41.4 Å². The second kappa shape index (κ2) is 8.93. The van der Waals surface area contributed by atoms with E-state index in [2.05, 4.69) is 15.4 Å². The highest BCUT2D eigenvalue weighted by Crippen LogP contribution is 2.35. The number of nitrogens with zero attached hydrogens (tertiary/aromatic N) is 3. The summed E-state index contributed by atoms with van der Waals surface area (Å²) in [4.78, 5) is 27.8. The standard InChI is InChI=1S/C22H21F3N4O2S/c1-32-19-10-17-14(11-29(28-17)15-7-5-13(12-30)6-8-15)9-18(19)27-21(31)16-3-2-4-20(26-16)22(23,24)25/h2-4,9-13,15H,5-8H2,1H3,(H,27,31). The van der Waals surface area contributed by atoms with Crippen LogP contribution in [0.3, 0.4) is 0 Å². The minimum absolute atomic E-state index is 0.116. The molecule has 1 fully saturated rings. The van der Waals surface area contributed by atoms with Gasteiger partial charge in [-0.05, 0) is 56.2 Å². The van der Waals surface area contributed by atoms with E-state index in [1.54, 1.807) is 6.07 Å². The van der Waals surface area contributed by atoms with Crippen molar-refractivity contribution in [3.05, 3.63) is 47.9 Å². The van der Waals surface area contributed by atoms with Gasteiger partial charge in [-0.3, -0.25) is 9.48 Å². The Morgan fingerprint density at radius 3 is 2.62 bits per heavy atom. The maximum atomic E-state index is 12.9. The van der Waals surface area contributed by atoms with Crippen molar-refractivity contribution in [3.8, 4) is 0 Å². The van der Waals surface area contributed by atoms with Crippen molar-refractivity contribution in [1.29, 1.82) is 0 Å². The molecule has 0 aliphatic heterocycles. The number of anilines is 1. The summed E-state index contributed by atoms with van der Waals surface area (Å²) in [5.74, 6) is -0.601. The summed E-state index contributed by atoms with van der Waals surface area (Å²) in [6, 6.07) is 7.06. The molecule has 1 aliphatic carbocycles. The van der Waals surface area contributed by atoms with Crippen molar-refractivity contribution in [2.45, 2.75) is 42.8 Å². The highest BCUT2D eigenvalue weighted by molar-refractivity contribution is 7.98. The Morgan fingerprint density at radius 1 is 1.22 bits per heavy atom. The minimum Gasteiger partial charge on any atom is -0.320 e. The molecule has 0 spiro atoms. The molecule has 1 N–H and O–H groups in total. The summed E-state index contributed by atoms with van der Waals surface area (Å²) in [7, 11) is 0. The number of nitrogens with one attached hydrogen (secondary N) is 1. The van der Waals surface area contributed by atoms with Gasteiger partial charge in [-0.15, -0.1) is 11.8 Å². The van der Waals surface area contributed by atoms with Gasteiger partial charge in [0.1, 0.15) is 17.7 Å². The molecule has 1 aliphatic rings. The summed E-state index contributed by atoms with van der Waals surface area (Å²) in [5, 5.41) is 8.18. The molecule has 0 unspecified atom stereocenters. The molecule has 0 radical (unpaired) electrons. The molecule has 4 rings (SSSR count). The van der Waals surface area contributed by atoms with Crippen LogP contribution in [0, 0.1) is 5.92 Å². The number of aldehydes is 1. The largest absolute Gasteiger partial charge is 0.433 e. The molecule has 1 aromatic carbocycles. The third-order valence-electron chi connectivity index (χ3n) is 5.67. The van der Waals surface area contributed by atoms with Crippen molar-refractivity contribution >= 4 is 40.5 Å². The van der Waals surface area contributed by atoms with E-state index in [0.29, 0.717) is 5.69 Å². The van der Waals surface area contributed by atoms with Gasteiger partial charge in [0.15, 0.2) is 0 Å². The Kier molecular flexibility index (Phi) is 6.23. The van der Waals surface area contributed by atoms with E-state index >= 15 is 0 Å². The topological polar surface area (TPSA) is 76.9 Å². The predicted molar refractivity (Wildman–Crippen MR) is 116 cm³/mol. The molecular formula is C22H21F3N4O2S. The zero-order valence-electron chi connectivity index (χ0n) is 17.2. The van der Waals surface area contributed by atoms with Crippen molar-refractivity contribution in [1.82, 2.24) is 14.8 Å². The molecule has 32 heavy (non-hydrogen) atoms. The molecular weight excluding hydrogens is 441 g/mol. The van der Waals surface area contributed by atoms with E-state index in [1.807, 2.05) is 23.2 Å². The van der Waals surface area contributed by atoms with Crippen molar-refractivity contribution < 1.29 is 22.8 Å². The first kappa shape index (κ1) is 22.3. The predicted octanol–water partition coefficient (Wildman–Crippen LogP) is 5.35.